The number of carbonyl (C=O) groups excluding carboxylic acids is 2. The Kier molecular flexibility index (Phi) is 9.93. The van der Waals surface area contributed by atoms with Gasteiger partial charge in [-0.05, 0) is 60.4 Å². The molecule has 0 saturated carbocycles. The Bertz CT molecular complexity index is 1340. The van der Waals surface area contributed by atoms with Crippen molar-refractivity contribution in [2.75, 3.05) is 51.3 Å². The number of rotatable bonds is 6. The summed E-state index contributed by atoms with van der Waals surface area (Å²) in [5.74, 6) is -2.36. The van der Waals surface area contributed by atoms with Gasteiger partial charge in [0.25, 0.3) is 0 Å². The summed E-state index contributed by atoms with van der Waals surface area (Å²) in [6.07, 6.45) is -9.90. The van der Waals surface area contributed by atoms with E-state index >= 15 is 0 Å². The molecule has 2 amide bonds. The molecule has 7 nitrogen and oxygen atoms in total. The second-order valence-electron chi connectivity index (χ2n) is 11.4. The van der Waals surface area contributed by atoms with Crippen LogP contribution in [0, 0.1) is 18.7 Å². The highest BCUT2D eigenvalue weighted by Gasteiger charge is 2.40. The molecule has 2 saturated heterocycles. The normalized spacial score (nSPS) is 22.0. The zero-order chi connectivity index (χ0) is 32.6. The number of hydrogen-bond donors (Lipinski definition) is 2. The number of aryl methyl sites for hydroxylation is 1. The lowest BCUT2D eigenvalue weighted by molar-refractivity contribution is -0.143. The molecule has 0 radical (unpaired) electrons. The Balaban J connectivity index is 1.56. The van der Waals surface area contributed by atoms with Crippen molar-refractivity contribution in [3.05, 3.63) is 70.0 Å². The van der Waals surface area contributed by atoms with E-state index in [9.17, 15) is 49.4 Å². The van der Waals surface area contributed by atoms with E-state index in [1.165, 1.54) is 25.2 Å². The Morgan fingerprint density at radius 2 is 1.55 bits per heavy atom. The van der Waals surface area contributed by atoms with Crippen LogP contribution in [0.15, 0.2) is 36.4 Å². The minimum atomic E-state index is -5.03. The second kappa shape index (κ2) is 12.9. The predicted molar refractivity (Wildman–Crippen MR) is 151 cm³/mol. The van der Waals surface area contributed by atoms with Crippen LogP contribution in [0.5, 0.6) is 0 Å². The molecule has 2 aromatic carbocycles. The lowest BCUT2D eigenvalue weighted by atomic mass is 9.78. The minimum absolute atomic E-state index is 0.0280. The van der Waals surface area contributed by atoms with Crippen molar-refractivity contribution in [3.63, 3.8) is 0 Å². The number of piperidine rings is 1. The quantitative estimate of drug-likeness (QED) is 0.384. The standard InChI is InChI=1S/C29H34F7N3O4S/c1-18-11-22(30)3-4-23(18)25-16-39(26(40)17-38-7-9-44(42,43)10-8-38)6-5-24(25)27(41)37(2)15-19-12-20(28(31,32)33)14-21(13-19)29(34,35)36/h3-4,11-14,24-25,42-43H,5-10,15-17H2,1-2H3. The van der Waals surface area contributed by atoms with Gasteiger partial charge >= 0.3 is 12.4 Å². The zero-order valence-corrected chi connectivity index (χ0v) is 24.9. The van der Waals surface area contributed by atoms with Gasteiger partial charge in [-0.1, -0.05) is 6.07 Å². The average Bonchev–Trinajstić information content (AvgIpc) is 2.92. The number of hydrogen-bond acceptors (Lipinski definition) is 5. The van der Waals surface area contributed by atoms with E-state index in [0.29, 0.717) is 36.3 Å². The summed E-state index contributed by atoms with van der Waals surface area (Å²) in [5.41, 5.74) is -2.18. The van der Waals surface area contributed by atoms with Crippen molar-refractivity contribution in [2.24, 2.45) is 5.92 Å². The Morgan fingerprint density at radius 1 is 0.955 bits per heavy atom. The van der Waals surface area contributed by atoms with E-state index in [4.69, 9.17) is 0 Å². The van der Waals surface area contributed by atoms with E-state index < -0.39 is 64.2 Å². The van der Waals surface area contributed by atoms with Crippen LogP contribution in [0.1, 0.15) is 40.2 Å². The average molecular weight is 654 g/mol. The molecule has 0 aromatic heterocycles. The van der Waals surface area contributed by atoms with Crippen molar-refractivity contribution >= 4 is 22.4 Å². The third kappa shape index (κ3) is 8.23. The van der Waals surface area contributed by atoms with Gasteiger partial charge in [-0.2, -0.15) is 36.9 Å². The van der Waals surface area contributed by atoms with Gasteiger partial charge < -0.3 is 9.80 Å². The summed E-state index contributed by atoms with van der Waals surface area (Å²) in [6.45, 7) is 2.08. The third-order valence-corrected chi connectivity index (χ3v) is 9.86. The topological polar surface area (TPSA) is 84.3 Å². The number of carbonyl (C=O) groups is 2. The number of benzene rings is 2. The van der Waals surface area contributed by atoms with E-state index in [0.717, 1.165) is 4.90 Å². The molecule has 2 aromatic rings. The van der Waals surface area contributed by atoms with E-state index in [2.05, 4.69) is 0 Å². The molecule has 4 rings (SSSR count). The SMILES string of the molecule is Cc1cc(F)ccc1C1CN(C(=O)CN2CCS(O)(O)CC2)CCC1C(=O)N(C)Cc1cc(C(F)(F)F)cc(C(F)(F)F)c1. The second-order valence-corrected chi connectivity index (χ2v) is 13.9. The lowest BCUT2D eigenvalue weighted by Crippen LogP contribution is -2.51. The smallest absolute Gasteiger partial charge is 0.341 e. The molecule has 2 aliphatic rings. The largest absolute Gasteiger partial charge is 0.416 e. The Morgan fingerprint density at radius 3 is 2.09 bits per heavy atom. The summed E-state index contributed by atoms with van der Waals surface area (Å²) in [7, 11) is -1.35. The summed E-state index contributed by atoms with van der Waals surface area (Å²) in [6, 6.07) is 5.22. The molecule has 2 aliphatic heterocycles. The van der Waals surface area contributed by atoms with Crippen LogP contribution >= 0.6 is 10.6 Å². The van der Waals surface area contributed by atoms with Gasteiger partial charge in [-0.15, -0.1) is 0 Å². The summed E-state index contributed by atoms with van der Waals surface area (Å²) < 4.78 is 114. The van der Waals surface area contributed by atoms with Gasteiger partial charge in [0.05, 0.1) is 29.2 Å². The van der Waals surface area contributed by atoms with Crippen LogP contribution < -0.4 is 0 Å². The molecule has 244 valence electrons. The lowest BCUT2D eigenvalue weighted by Gasteiger charge is -2.43. The van der Waals surface area contributed by atoms with Crippen molar-refractivity contribution in [3.8, 4) is 0 Å². The van der Waals surface area contributed by atoms with Crippen molar-refractivity contribution in [2.45, 2.75) is 38.2 Å². The predicted octanol–water partition coefficient (Wildman–Crippen LogP) is 5.83. The van der Waals surface area contributed by atoms with Crippen LogP contribution in [-0.4, -0.2) is 86.9 Å². The molecule has 0 spiro atoms. The number of amides is 2. The molecular weight excluding hydrogens is 619 g/mol. The maximum Gasteiger partial charge on any atom is 0.416 e. The summed E-state index contributed by atoms with van der Waals surface area (Å²) in [5, 5.41) is 0. The first-order chi connectivity index (χ1) is 20.3. The first kappa shape index (κ1) is 34.0. The summed E-state index contributed by atoms with van der Waals surface area (Å²) >= 11 is 0. The molecule has 44 heavy (non-hydrogen) atoms. The van der Waals surface area contributed by atoms with E-state index in [-0.39, 0.29) is 55.1 Å². The van der Waals surface area contributed by atoms with Crippen molar-refractivity contribution < 1.29 is 49.4 Å². The van der Waals surface area contributed by atoms with Gasteiger partial charge in [0.1, 0.15) is 5.82 Å². The maximum absolute atomic E-state index is 14.0. The molecular formula is C29H34F7N3O4S. The van der Waals surface area contributed by atoms with Gasteiger partial charge in [0.15, 0.2) is 0 Å². The fourth-order valence-electron chi connectivity index (χ4n) is 5.80. The van der Waals surface area contributed by atoms with Crippen molar-refractivity contribution in [1.82, 2.24) is 14.7 Å². The monoisotopic (exact) mass is 653 g/mol. The zero-order valence-electron chi connectivity index (χ0n) is 24.1. The molecule has 2 N–H and O–H groups in total. The molecule has 0 bridgehead atoms. The highest BCUT2D eigenvalue weighted by atomic mass is 32.3. The fourth-order valence-corrected chi connectivity index (χ4v) is 7.11. The van der Waals surface area contributed by atoms with Crippen LogP contribution in [0.25, 0.3) is 0 Å². The number of nitrogens with zero attached hydrogens (tertiary/aromatic N) is 3. The van der Waals surface area contributed by atoms with Crippen LogP contribution in [0.3, 0.4) is 0 Å². The first-order valence-corrected chi connectivity index (χ1v) is 15.8. The van der Waals surface area contributed by atoms with Crippen LogP contribution in [0.2, 0.25) is 0 Å². The van der Waals surface area contributed by atoms with Crippen molar-refractivity contribution in [1.29, 1.82) is 0 Å². The fraction of sp³-hybridized carbons (Fsp3) is 0.517. The minimum Gasteiger partial charge on any atom is -0.341 e. The summed E-state index contributed by atoms with van der Waals surface area (Å²) in [4.78, 5) is 31.4. The van der Waals surface area contributed by atoms with E-state index in [1.54, 1.807) is 11.8 Å². The third-order valence-electron chi connectivity index (χ3n) is 8.19. The maximum atomic E-state index is 14.0. The van der Waals surface area contributed by atoms with Gasteiger partial charge in [-0.25, -0.2) is 4.39 Å². The van der Waals surface area contributed by atoms with Gasteiger partial charge in [0.2, 0.25) is 11.8 Å². The molecule has 15 heteroatoms. The Labute approximate surface area is 252 Å². The Hall–Kier alpha value is -2.88. The number of likely N-dealkylation sites (tertiary alicyclic amines) is 1. The highest BCUT2D eigenvalue weighted by Crippen LogP contribution is 2.41. The molecule has 2 unspecified atom stereocenters. The number of alkyl halides is 6. The van der Waals surface area contributed by atoms with Crippen LogP contribution in [-0.2, 0) is 28.5 Å². The molecule has 2 fully saturated rings. The van der Waals surface area contributed by atoms with Gasteiger partial charge in [-0.3, -0.25) is 23.6 Å². The molecule has 0 aliphatic carbocycles. The number of halogens is 7. The molecule has 2 atom stereocenters. The van der Waals surface area contributed by atoms with Crippen LogP contribution in [0.4, 0.5) is 30.7 Å². The van der Waals surface area contributed by atoms with E-state index in [1.807, 2.05) is 4.90 Å². The molecule has 2 heterocycles. The highest BCUT2D eigenvalue weighted by molar-refractivity contribution is 8.24. The van der Waals surface area contributed by atoms with Gasteiger partial charge in [0, 0.05) is 51.6 Å². The first-order valence-electron chi connectivity index (χ1n) is 13.9.